The number of methoxy groups -OCH3 is 1. The lowest BCUT2D eigenvalue weighted by Gasteiger charge is -2.21. The van der Waals surface area contributed by atoms with Gasteiger partial charge in [0.25, 0.3) is 0 Å². The number of hydrogen-bond donors (Lipinski definition) is 1. The predicted molar refractivity (Wildman–Crippen MR) is 105 cm³/mol. The molecule has 0 atom stereocenters. The van der Waals surface area contributed by atoms with Gasteiger partial charge in [0.05, 0.1) is 24.3 Å². The number of ether oxygens (including phenoxy) is 2. The maximum Gasteiger partial charge on any atom is 0.170 e. The molecule has 0 saturated heterocycles. The fourth-order valence-corrected chi connectivity index (χ4v) is 2.48. The highest BCUT2D eigenvalue weighted by atomic mass is 16.5. The molecule has 2 rings (SSSR count). The Kier molecular flexibility index (Phi) is 5.78. The standard InChI is InChI=1S/C20H25BN2O2/c1-11(2)15(6)25-20-14(5)22-10-16(21)19(20)23-18-12(3)8-9-17(24-7)13(18)4/h8-10H,1-7H3,(H,22,23). The summed E-state index contributed by atoms with van der Waals surface area (Å²) < 4.78 is 11.5. The van der Waals surface area contributed by atoms with Crippen molar-refractivity contribution in [2.24, 2.45) is 0 Å². The Hall–Kier alpha value is -2.43. The van der Waals surface area contributed by atoms with E-state index in [0.717, 1.165) is 39.6 Å². The van der Waals surface area contributed by atoms with Crippen LogP contribution in [0.4, 0.5) is 11.4 Å². The van der Waals surface area contributed by atoms with E-state index in [-0.39, 0.29) is 0 Å². The SMILES string of the molecule is [B]c1cnc(C)c(OC(C)=C(C)C)c1Nc1c(C)ccc(OC)c1C. The smallest absolute Gasteiger partial charge is 0.170 e. The minimum absolute atomic E-state index is 0.531. The fraction of sp³-hybridized carbons (Fsp3) is 0.350. The zero-order valence-corrected chi connectivity index (χ0v) is 16.1. The summed E-state index contributed by atoms with van der Waals surface area (Å²) in [5.74, 6) is 2.29. The predicted octanol–water partition coefficient (Wildman–Crippen LogP) is 4.25. The van der Waals surface area contributed by atoms with Crippen molar-refractivity contribution < 1.29 is 9.47 Å². The van der Waals surface area contributed by atoms with Gasteiger partial charge in [0.1, 0.15) is 13.6 Å². The van der Waals surface area contributed by atoms with Crippen LogP contribution in [0.5, 0.6) is 11.5 Å². The first-order chi connectivity index (χ1) is 11.8. The summed E-state index contributed by atoms with van der Waals surface area (Å²) in [6.07, 6.45) is 1.65. The lowest BCUT2D eigenvalue weighted by Crippen LogP contribution is -2.15. The topological polar surface area (TPSA) is 43.4 Å². The van der Waals surface area contributed by atoms with Crippen molar-refractivity contribution in [3.63, 3.8) is 0 Å². The van der Waals surface area contributed by atoms with Crippen LogP contribution in [0, 0.1) is 20.8 Å². The van der Waals surface area contributed by atoms with Crippen molar-refractivity contribution in [3.05, 3.63) is 46.5 Å². The number of nitrogens with one attached hydrogen (secondary N) is 1. The van der Waals surface area contributed by atoms with Gasteiger partial charge in [-0.25, -0.2) is 0 Å². The van der Waals surface area contributed by atoms with Gasteiger partial charge >= 0.3 is 0 Å². The van der Waals surface area contributed by atoms with Gasteiger partial charge < -0.3 is 14.8 Å². The Bertz CT molecular complexity index is 825. The number of aryl methyl sites for hydroxylation is 2. The van der Waals surface area contributed by atoms with E-state index in [1.165, 1.54) is 0 Å². The van der Waals surface area contributed by atoms with Gasteiger partial charge in [0.15, 0.2) is 5.75 Å². The van der Waals surface area contributed by atoms with Crippen molar-refractivity contribution in [3.8, 4) is 11.5 Å². The Morgan fingerprint density at radius 3 is 2.36 bits per heavy atom. The van der Waals surface area contributed by atoms with E-state index >= 15 is 0 Å². The second kappa shape index (κ2) is 7.64. The molecule has 0 aliphatic heterocycles. The Morgan fingerprint density at radius 1 is 1.08 bits per heavy atom. The third-order valence-electron chi connectivity index (χ3n) is 4.29. The molecule has 1 heterocycles. The molecule has 0 unspecified atom stereocenters. The molecule has 1 aromatic heterocycles. The number of benzene rings is 1. The van der Waals surface area contributed by atoms with Gasteiger partial charge in [-0.3, -0.25) is 4.98 Å². The maximum atomic E-state index is 6.21. The van der Waals surface area contributed by atoms with Crippen molar-refractivity contribution >= 4 is 24.7 Å². The summed E-state index contributed by atoms with van der Waals surface area (Å²) in [6, 6.07) is 3.97. The number of aromatic nitrogens is 1. The third kappa shape index (κ3) is 3.98. The van der Waals surface area contributed by atoms with Gasteiger partial charge in [0, 0.05) is 17.4 Å². The van der Waals surface area contributed by atoms with E-state index in [9.17, 15) is 0 Å². The molecule has 4 nitrogen and oxygen atoms in total. The first-order valence-electron chi connectivity index (χ1n) is 8.24. The molecule has 0 amide bonds. The molecule has 25 heavy (non-hydrogen) atoms. The lowest BCUT2D eigenvalue weighted by molar-refractivity contribution is 0.411. The zero-order chi connectivity index (χ0) is 18.7. The van der Waals surface area contributed by atoms with Crippen LogP contribution < -0.4 is 20.3 Å². The Labute approximate surface area is 151 Å². The summed E-state index contributed by atoms with van der Waals surface area (Å²) in [5, 5.41) is 3.44. The Balaban J connectivity index is 2.58. The first kappa shape index (κ1) is 18.9. The number of anilines is 2. The fourth-order valence-electron chi connectivity index (χ4n) is 2.48. The van der Waals surface area contributed by atoms with Gasteiger partial charge in [-0.05, 0) is 58.7 Å². The van der Waals surface area contributed by atoms with Gasteiger partial charge in [-0.1, -0.05) is 11.5 Å². The van der Waals surface area contributed by atoms with Crippen LogP contribution in [0.2, 0.25) is 0 Å². The largest absolute Gasteiger partial charge is 0.496 e. The molecule has 1 aromatic carbocycles. The number of hydrogen-bond acceptors (Lipinski definition) is 4. The normalized spacial score (nSPS) is 10.4. The van der Waals surface area contributed by atoms with Crippen molar-refractivity contribution in [1.82, 2.24) is 4.98 Å². The maximum absolute atomic E-state index is 6.21. The molecule has 0 spiro atoms. The molecular weight excluding hydrogens is 311 g/mol. The second-order valence-electron chi connectivity index (χ2n) is 6.37. The average Bonchev–Trinajstić information content (AvgIpc) is 2.56. The molecule has 2 radical (unpaired) electrons. The molecule has 0 aliphatic rings. The summed E-state index contributed by atoms with van der Waals surface area (Å²) in [5.41, 5.74) is 6.18. The minimum atomic E-state index is 0.531. The molecule has 2 aromatic rings. The van der Waals surface area contributed by atoms with Crippen molar-refractivity contribution in [1.29, 1.82) is 0 Å². The summed E-state index contributed by atoms with van der Waals surface area (Å²) in [7, 11) is 7.87. The quantitative estimate of drug-likeness (QED) is 0.655. The van der Waals surface area contributed by atoms with Gasteiger partial charge in [-0.2, -0.15) is 0 Å². The molecule has 0 aliphatic carbocycles. The van der Waals surface area contributed by atoms with Crippen LogP contribution in [0.3, 0.4) is 0 Å². The number of rotatable bonds is 5. The molecule has 0 saturated carbocycles. The van der Waals surface area contributed by atoms with E-state index in [1.54, 1.807) is 13.3 Å². The molecule has 130 valence electrons. The monoisotopic (exact) mass is 336 g/mol. The zero-order valence-electron chi connectivity index (χ0n) is 16.1. The highest BCUT2D eigenvalue weighted by Gasteiger charge is 2.16. The van der Waals surface area contributed by atoms with Crippen LogP contribution in [-0.4, -0.2) is 19.9 Å². The molecule has 5 heteroatoms. The minimum Gasteiger partial charge on any atom is -0.496 e. The van der Waals surface area contributed by atoms with Crippen LogP contribution in [-0.2, 0) is 0 Å². The highest BCUT2D eigenvalue weighted by Crippen LogP contribution is 2.35. The molecular formula is C20H25BN2O2. The van der Waals surface area contributed by atoms with E-state index in [1.807, 2.05) is 53.7 Å². The van der Waals surface area contributed by atoms with Crippen LogP contribution in [0.25, 0.3) is 0 Å². The number of nitrogens with zero attached hydrogens (tertiary/aromatic N) is 1. The summed E-state index contributed by atoms with van der Waals surface area (Å²) in [4.78, 5) is 4.33. The number of pyridine rings is 1. The van der Waals surface area contributed by atoms with Crippen LogP contribution in [0.15, 0.2) is 29.7 Å². The molecule has 1 N–H and O–H groups in total. The first-order valence-corrected chi connectivity index (χ1v) is 8.24. The van der Waals surface area contributed by atoms with Crippen molar-refractivity contribution in [2.45, 2.75) is 41.5 Å². The lowest BCUT2D eigenvalue weighted by atomic mass is 9.94. The highest BCUT2D eigenvalue weighted by molar-refractivity contribution is 6.36. The third-order valence-corrected chi connectivity index (χ3v) is 4.29. The molecule has 0 fully saturated rings. The van der Waals surface area contributed by atoms with Crippen molar-refractivity contribution in [2.75, 3.05) is 12.4 Å². The molecule has 0 bridgehead atoms. The van der Waals surface area contributed by atoms with Crippen LogP contribution in [0.1, 0.15) is 37.6 Å². The van der Waals surface area contributed by atoms with Crippen LogP contribution >= 0.6 is 0 Å². The van der Waals surface area contributed by atoms with E-state index < -0.39 is 0 Å². The summed E-state index contributed by atoms with van der Waals surface area (Å²) in [6.45, 7) is 11.9. The number of allylic oxidation sites excluding steroid dienone is 2. The van der Waals surface area contributed by atoms with Gasteiger partial charge in [0.2, 0.25) is 0 Å². The Morgan fingerprint density at radius 2 is 1.76 bits per heavy atom. The second-order valence-corrected chi connectivity index (χ2v) is 6.37. The summed E-state index contributed by atoms with van der Waals surface area (Å²) >= 11 is 0. The van der Waals surface area contributed by atoms with E-state index in [4.69, 9.17) is 17.3 Å². The average molecular weight is 336 g/mol. The van der Waals surface area contributed by atoms with E-state index in [2.05, 4.69) is 10.3 Å². The van der Waals surface area contributed by atoms with Gasteiger partial charge in [-0.15, -0.1) is 0 Å². The van der Waals surface area contributed by atoms with E-state index in [0.29, 0.717) is 16.9 Å².